The Balaban J connectivity index is 1.92. The Labute approximate surface area is 234 Å². The summed E-state index contributed by atoms with van der Waals surface area (Å²) in [4.78, 5) is 4.79. The van der Waals surface area contributed by atoms with Crippen LogP contribution < -0.4 is 0 Å². The van der Waals surface area contributed by atoms with Gasteiger partial charge in [0.2, 0.25) is 0 Å². The van der Waals surface area contributed by atoms with Crippen molar-refractivity contribution in [3.8, 4) is 0 Å². The zero-order valence-corrected chi connectivity index (χ0v) is 24.1. The van der Waals surface area contributed by atoms with Crippen molar-refractivity contribution in [2.45, 2.75) is 37.8 Å². The second-order valence-corrected chi connectivity index (χ2v) is 11.2. The maximum absolute atomic E-state index is 6.64. The van der Waals surface area contributed by atoms with Crippen molar-refractivity contribution in [3.05, 3.63) is 148 Å². The van der Waals surface area contributed by atoms with Gasteiger partial charge in [-0.1, -0.05) is 114 Å². The summed E-state index contributed by atoms with van der Waals surface area (Å²) in [7, 11) is 8.84. The molecule has 4 rings (SSSR count). The molecule has 0 fully saturated rings. The summed E-state index contributed by atoms with van der Waals surface area (Å²) in [6, 6.07) is 39.5. The van der Waals surface area contributed by atoms with Gasteiger partial charge in [-0.25, -0.2) is 0 Å². The second kappa shape index (κ2) is 12.8. The molecule has 38 heavy (non-hydrogen) atoms. The molecule has 0 saturated heterocycles. The summed E-state index contributed by atoms with van der Waals surface area (Å²) in [5.74, 6) is 1.38. The van der Waals surface area contributed by atoms with Crippen molar-refractivity contribution in [1.82, 2.24) is 9.80 Å². The van der Waals surface area contributed by atoms with Crippen LogP contribution in [0.15, 0.2) is 109 Å². The maximum Gasteiger partial charge on any atom is 0.0603 e. The molecule has 2 unspecified atom stereocenters. The van der Waals surface area contributed by atoms with E-state index in [0.717, 1.165) is 24.3 Å². The zero-order valence-electron chi connectivity index (χ0n) is 23.4. The number of hydrogen-bond donors (Lipinski definition) is 0. The van der Waals surface area contributed by atoms with Gasteiger partial charge in [-0.05, 0) is 88.8 Å². The Morgan fingerprint density at radius 1 is 0.737 bits per heavy atom. The molecule has 0 aliphatic heterocycles. The predicted molar refractivity (Wildman–Crippen MR) is 163 cm³/mol. The van der Waals surface area contributed by atoms with E-state index in [4.69, 9.17) is 11.6 Å². The van der Waals surface area contributed by atoms with Crippen LogP contribution in [0.5, 0.6) is 0 Å². The van der Waals surface area contributed by atoms with Crippen LogP contribution in [0.25, 0.3) is 0 Å². The highest BCUT2D eigenvalue weighted by Crippen LogP contribution is 2.46. The van der Waals surface area contributed by atoms with Crippen LogP contribution in [0.2, 0.25) is 5.02 Å². The van der Waals surface area contributed by atoms with E-state index in [0.29, 0.717) is 6.04 Å². The van der Waals surface area contributed by atoms with E-state index < -0.39 is 0 Å². The van der Waals surface area contributed by atoms with E-state index in [1.54, 1.807) is 0 Å². The molecule has 0 bridgehead atoms. The van der Waals surface area contributed by atoms with Crippen LogP contribution in [-0.2, 0) is 18.4 Å². The fourth-order valence-electron chi connectivity index (χ4n) is 5.62. The first-order chi connectivity index (χ1) is 18.3. The highest BCUT2D eigenvalue weighted by atomic mass is 35.5. The van der Waals surface area contributed by atoms with E-state index in [1.807, 2.05) is 6.07 Å². The largest absolute Gasteiger partial charge is 0.306 e. The van der Waals surface area contributed by atoms with Gasteiger partial charge in [-0.15, -0.1) is 0 Å². The smallest absolute Gasteiger partial charge is 0.0603 e. The lowest BCUT2D eigenvalue weighted by Crippen LogP contribution is -2.50. The molecule has 197 valence electrons. The zero-order chi connectivity index (χ0) is 27.1. The summed E-state index contributed by atoms with van der Waals surface area (Å²) >= 11 is 6.64. The first kappa shape index (κ1) is 28.1. The molecule has 0 amide bonds. The molecular weight excluding hydrogens is 484 g/mol. The van der Waals surface area contributed by atoms with E-state index in [1.165, 1.54) is 33.7 Å². The SMILES string of the molecule is Cc1cccc(C(Cc2ccccc2)([C](CC(Cc2ccccc2)N(C)C)c2cccc(Cl)c2)N(C)C)c1. The Morgan fingerprint density at radius 2 is 1.37 bits per heavy atom. The number of hydrogen-bond acceptors (Lipinski definition) is 2. The third kappa shape index (κ3) is 6.56. The molecule has 2 atom stereocenters. The van der Waals surface area contributed by atoms with Crippen LogP contribution in [0.4, 0.5) is 0 Å². The summed E-state index contributed by atoms with van der Waals surface area (Å²) < 4.78 is 0. The number of benzene rings is 4. The van der Waals surface area contributed by atoms with E-state index in [-0.39, 0.29) is 5.54 Å². The van der Waals surface area contributed by atoms with Gasteiger partial charge in [0.05, 0.1) is 5.54 Å². The van der Waals surface area contributed by atoms with Gasteiger partial charge in [0.1, 0.15) is 0 Å². The van der Waals surface area contributed by atoms with Gasteiger partial charge >= 0.3 is 0 Å². The molecule has 0 aromatic heterocycles. The minimum atomic E-state index is -0.372. The van der Waals surface area contributed by atoms with E-state index in [2.05, 4.69) is 148 Å². The van der Waals surface area contributed by atoms with Crippen LogP contribution in [0.3, 0.4) is 0 Å². The predicted octanol–water partition coefficient (Wildman–Crippen LogP) is 7.83. The molecule has 4 aromatic rings. The minimum absolute atomic E-state index is 0.311. The van der Waals surface area contributed by atoms with Gasteiger partial charge in [0, 0.05) is 17.0 Å². The van der Waals surface area contributed by atoms with Gasteiger partial charge in [0.25, 0.3) is 0 Å². The number of likely N-dealkylation sites (N-methyl/N-ethyl adjacent to an activating group) is 2. The number of nitrogens with zero attached hydrogens (tertiary/aromatic N) is 2. The Morgan fingerprint density at radius 3 is 1.95 bits per heavy atom. The molecule has 0 spiro atoms. The molecule has 0 aliphatic rings. The van der Waals surface area contributed by atoms with Gasteiger partial charge < -0.3 is 4.90 Å². The van der Waals surface area contributed by atoms with Crippen LogP contribution in [0.1, 0.15) is 34.2 Å². The fourth-order valence-corrected chi connectivity index (χ4v) is 5.81. The number of halogens is 1. The maximum atomic E-state index is 6.64. The monoisotopic (exact) mass is 523 g/mol. The van der Waals surface area contributed by atoms with E-state index >= 15 is 0 Å². The molecule has 4 aromatic carbocycles. The fraction of sp³-hybridized carbons (Fsp3) is 0.286. The van der Waals surface area contributed by atoms with Crippen molar-refractivity contribution in [3.63, 3.8) is 0 Å². The normalized spacial score (nSPS) is 14.1. The third-order valence-corrected chi connectivity index (χ3v) is 7.95. The lowest BCUT2D eigenvalue weighted by atomic mass is 9.67. The van der Waals surface area contributed by atoms with Crippen LogP contribution in [0, 0.1) is 12.8 Å². The molecule has 3 heteroatoms. The first-order valence-electron chi connectivity index (χ1n) is 13.4. The average Bonchev–Trinajstić information content (AvgIpc) is 2.91. The van der Waals surface area contributed by atoms with Gasteiger partial charge in [-0.2, -0.15) is 0 Å². The third-order valence-electron chi connectivity index (χ3n) is 7.72. The van der Waals surface area contributed by atoms with Gasteiger partial charge in [-0.3, -0.25) is 4.90 Å². The van der Waals surface area contributed by atoms with Crippen LogP contribution in [-0.4, -0.2) is 44.0 Å². The number of aryl methyl sites for hydroxylation is 1. The molecule has 0 saturated carbocycles. The standard InChI is InChI=1S/C35H40ClN2/c1-27-14-12-20-31(22-27)35(38(4)5,26-29-17-10-7-11-18-29)34(30-19-13-21-32(36)24-30)25-33(37(2)3)23-28-15-8-6-9-16-28/h6-22,24,33H,23,25-26H2,1-5H3. The summed E-state index contributed by atoms with van der Waals surface area (Å²) in [5, 5.41) is 0.765. The Kier molecular flexibility index (Phi) is 9.44. The van der Waals surface area contributed by atoms with Gasteiger partial charge in [0.15, 0.2) is 0 Å². The topological polar surface area (TPSA) is 6.48 Å². The van der Waals surface area contributed by atoms with Crippen LogP contribution >= 0.6 is 11.6 Å². The first-order valence-corrected chi connectivity index (χ1v) is 13.8. The number of rotatable bonds is 11. The minimum Gasteiger partial charge on any atom is -0.306 e. The highest BCUT2D eigenvalue weighted by molar-refractivity contribution is 6.30. The summed E-state index contributed by atoms with van der Waals surface area (Å²) in [6.45, 7) is 2.18. The Hall–Kier alpha value is -2.91. The summed E-state index contributed by atoms with van der Waals surface area (Å²) in [6.07, 6.45) is 2.74. The highest BCUT2D eigenvalue weighted by Gasteiger charge is 2.45. The molecule has 0 N–H and O–H groups in total. The summed E-state index contributed by atoms with van der Waals surface area (Å²) in [5.41, 5.74) is 6.06. The molecule has 1 radical (unpaired) electrons. The lowest BCUT2D eigenvalue weighted by molar-refractivity contribution is 0.150. The lowest BCUT2D eigenvalue weighted by Gasteiger charge is -2.48. The quantitative estimate of drug-likeness (QED) is 0.197. The van der Waals surface area contributed by atoms with E-state index in [9.17, 15) is 0 Å². The van der Waals surface area contributed by atoms with Crippen molar-refractivity contribution in [1.29, 1.82) is 0 Å². The van der Waals surface area contributed by atoms with Crippen molar-refractivity contribution in [2.24, 2.45) is 0 Å². The molecule has 2 nitrogen and oxygen atoms in total. The molecule has 0 aliphatic carbocycles. The Bertz CT molecular complexity index is 1290. The average molecular weight is 524 g/mol. The molecular formula is C35H40ClN2. The molecule has 0 heterocycles. The van der Waals surface area contributed by atoms with Crippen molar-refractivity contribution >= 4 is 11.6 Å². The van der Waals surface area contributed by atoms with Crippen molar-refractivity contribution < 1.29 is 0 Å². The van der Waals surface area contributed by atoms with Crippen molar-refractivity contribution in [2.75, 3.05) is 28.2 Å². The second-order valence-electron chi connectivity index (χ2n) is 10.8.